The second-order valence-electron chi connectivity index (χ2n) is 3.78. The minimum absolute atomic E-state index is 0.325. The summed E-state index contributed by atoms with van der Waals surface area (Å²) in [4.78, 5) is 4.26. The Kier molecular flexibility index (Phi) is 4.76. The van der Waals surface area contributed by atoms with Crippen LogP contribution in [0.15, 0.2) is 39.4 Å². The molecule has 0 atom stereocenters. The first-order valence-electron chi connectivity index (χ1n) is 5.47. The van der Waals surface area contributed by atoms with Crippen LogP contribution in [0.3, 0.4) is 0 Å². The molecule has 1 aromatic heterocycles. The van der Waals surface area contributed by atoms with Crippen molar-refractivity contribution in [1.82, 2.24) is 4.98 Å². The van der Waals surface area contributed by atoms with Crippen molar-refractivity contribution in [3.8, 4) is 5.75 Å². The van der Waals surface area contributed by atoms with Crippen molar-refractivity contribution in [2.24, 2.45) is 0 Å². The Balaban J connectivity index is 2.14. The molecule has 2 rings (SSSR count). The standard InChI is InChI=1S/C13H11Br2FN2O/c1-19-9-2-3-11(16)12(5-9)18-7-13-10(15)4-8(14)6-17-13/h2-6,18H,7H2,1H3. The molecule has 1 N–H and O–H groups in total. The molecule has 0 aliphatic rings. The fourth-order valence-corrected chi connectivity index (χ4v) is 2.65. The predicted molar refractivity (Wildman–Crippen MR) is 79.9 cm³/mol. The van der Waals surface area contributed by atoms with Gasteiger partial charge in [0, 0.05) is 21.2 Å². The Morgan fingerprint density at radius 1 is 1.32 bits per heavy atom. The summed E-state index contributed by atoms with van der Waals surface area (Å²) >= 11 is 6.75. The SMILES string of the molecule is COc1ccc(F)c(NCc2ncc(Br)cc2Br)c1. The third-order valence-corrected chi connectivity index (χ3v) is 3.62. The van der Waals surface area contributed by atoms with E-state index in [-0.39, 0.29) is 5.82 Å². The summed E-state index contributed by atoms with van der Waals surface area (Å²) in [5.41, 5.74) is 1.18. The van der Waals surface area contributed by atoms with Crippen LogP contribution in [-0.4, -0.2) is 12.1 Å². The van der Waals surface area contributed by atoms with Gasteiger partial charge in [-0.3, -0.25) is 4.98 Å². The molecule has 1 aromatic carbocycles. The van der Waals surface area contributed by atoms with Crippen LogP contribution in [0.4, 0.5) is 10.1 Å². The minimum atomic E-state index is -0.325. The highest BCUT2D eigenvalue weighted by Crippen LogP contribution is 2.24. The lowest BCUT2D eigenvalue weighted by Crippen LogP contribution is -2.04. The van der Waals surface area contributed by atoms with Crippen molar-refractivity contribution in [3.63, 3.8) is 0 Å². The molecule has 0 radical (unpaired) electrons. The van der Waals surface area contributed by atoms with E-state index in [1.165, 1.54) is 6.07 Å². The first-order valence-corrected chi connectivity index (χ1v) is 7.06. The van der Waals surface area contributed by atoms with Gasteiger partial charge in [0.15, 0.2) is 0 Å². The molecular weight excluding hydrogens is 379 g/mol. The normalized spacial score (nSPS) is 10.3. The van der Waals surface area contributed by atoms with Gasteiger partial charge in [-0.05, 0) is 50.1 Å². The van der Waals surface area contributed by atoms with Crippen molar-refractivity contribution in [2.45, 2.75) is 6.54 Å². The molecular formula is C13H11Br2FN2O. The number of aromatic nitrogens is 1. The number of rotatable bonds is 4. The average molecular weight is 390 g/mol. The van der Waals surface area contributed by atoms with Gasteiger partial charge in [0.2, 0.25) is 0 Å². The molecule has 0 saturated carbocycles. The Bertz CT molecular complexity index is 593. The summed E-state index contributed by atoms with van der Waals surface area (Å²) in [6, 6.07) is 6.45. The third kappa shape index (κ3) is 3.67. The first-order chi connectivity index (χ1) is 9.10. The number of hydrogen-bond acceptors (Lipinski definition) is 3. The van der Waals surface area contributed by atoms with E-state index in [2.05, 4.69) is 42.2 Å². The second kappa shape index (κ2) is 6.34. The van der Waals surface area contributed by atoms with Crippen LogP contribution in [-0.2, 0) is 6.54 Å². The molecule has 0 aliphatic heterocycles. The number of methoxy groups -OCH3 is 1. The first kappa shape index (κ1) is 14.3. The van der Waals surface area contributed by atoms with E-state index in [0.29, 0.717) is 18.0 Å². The smallest absolute Gasteiger partial charge is 0.146 e. The number of anilines is 1. The molecule has 0 fully saturated rings. The summed E-state index contributed by atoms with van der Waals surface area (Å²) in [6.07, 6.45) is 1.70. The van der Waals surface area contributed by atoms with E-state index in [0.717, 1.165) is 14.6 Å². The van der Waals surface area contributed by atoms with Crippen LogP contribution in [0.5, 0.6) is 5.75 Å². The van der Waals surface area contributed by atoms with Crippen molar-refractivity contribution in [2.75, 3.05) is 12.4 Å². The molecule has 2 aromatic rings. The van der Waals surface area contributed by atoms with Gasteiger partial charge in [0.1, 0.15) is 11.6 Å². The van der Waals surface area contributed by atoms with E-state index in [1.807, 2.05) is 6.07 Å². The number of pyridine rings is 1. The highest BCUT2D eigenvalue weighted by molar-refractivity contribution is 9.11. The molecule has 0 unspecified atom stereocenters. The summed E-state index contributed by atoms with van der Waals surface area (Å²) in [6.45, 7) is 0.415. The van der Waals surface area contributed by atoms with Gasteiger partial charge in [-0.25, -0.2) is 4.39 Å². The molecule has 0 bridgehead atoms. The summed E-state index contributed by atoms with van der Waals surface area (Å²) in [7, 11) is 1.55. The number of hydrogen-bond donors (Lipinski definition) is 1. The van der Waals surface area contributed by atoms with E-state index in [1.54, 1.807) is 25.4 Å². The van der Waals surface area contributed by atoms with Gasteiger partial charge in [-0.2, -0.15) is 0 Å². The van der Waals surface area contributed by atoms with Gasteiger partial charge < -0.3 is 10.1 Å². The number of nitrogens with zero attached hydrogens (tertiary/aromatic N) is 1. The van der Waals surface area contributed by atoms with Crippen LogP contribution < -0.4 is 10.1 Å². The second-order valence-corrected chi connectivity index (χ2v) is 5.55. The zero-order chi connectivity index (χ0) is 13.8. The van der Waals surface area contributed by atoms with Crippen molar-refractivity contribution in [1.29, 1.82) is 0 Å². The Labute approximate surface area is 127 Å². The number of nitrogens with one attached hydrogen (secondary N) is 1. The Morgan fingerprint density at radius 3 is 2.79 bits per heavy atom. The molecule has 19 heavy (non-hydrogen) atoms. The minimum Gasteiger partial charge on any atom is -0.497 e. The van der Waals surface area contributed by atoms with Crippen molar-refractivity contribution in [3.05, 3.63) is 50.9 Å². The maximum atomic E-state index is 13.6. The Hall–Kier alpha value is -1.14. The monoisotopic (exact) mass is 388 g/mol. The van der Waals surface area contributed by atoms with Crippen LogP contribution in [0.2, 0.25) is 0 Å². The van der Waals surface area contributed by atoms with Gasteiger partial charge in [0.05, 0.1) is 25.0 Å². The molecule has 6 heteroatoms. The quantitative estimate of drug-likeness (QED) is 0.843. The van der Waals surface area contributed by atoms with Gasteiger partial charge in [0.25, 0.3) is 0 Å². The molecule has 3 nitrogen and oxygen atoms in total. The highest BCUT2D eigenvalue weighted by Gasteiger charge is 2.06. The van der Waals surface area contributed by atoms with E-state index < -0.39 is 0 Å². The summed E-state index contributed by atoms with van der Waals surface area (Å²) < 4.78 is 20.4. The molecule has 0 saturated heterocycles. The van der Waals surface area contributed by atoms with Crippen LogP contribution in [0.1, 0.15) is 5.69 Å². The zero-order valence-corrected chi connectivity index (χ0v) is 13.3. The van der Waals surface area contributed by atoms with Gasteiger partial charge in [-0.15, -0.1) is 0 Å². The lowest BCUT2D eigenvalue weighted by molar-refractivity contribution is 0.414. The van der Waals surface area contributed by atoms with Crippen LogP contribution in [0, 0.1) is 5.82 Å². The number of ether oxygens (including phenoxy) is 1. The fourth-order valence-electron chi connectivity index (χ4n) is 1.52. The molecule has 0 aliphatic carbocycles. The lowest BCUT2D eigenvalue weighted by Gasteiger charge is -2.10. The summed E-state index contributed by atoms with van der Waals surface area (Å²) in [5, 5.41) is 3.00. The maximum Gasteiger partial charge on any atom is 0.146 e. The van der Waals surface area contributed by atoms with Gasteiger partial charge in [-0.1, -0.05) is 0 Å². The topological polar surface area (TPSA) is 34.1 Å². The Morgan fingerprint density at radius 2 is 2.11 bits per heavy atom. The molecule has 0 spiro atoms. The van der Waals surface area contributed by atoms with E-state index in [9.17, 15) is 4.39 Å². The number of benzene rings is 1. The van der Waals surface area contributed by atoms with E-state index >= 15 is 0 Å². The van der Waals surface area contributed by atoms with Crippen LogP contribution >= 0.6 is 31.9 Å². The highest BCUT2D eigenvalue weighted by atomic mass is 79.9. The predicted octanol–water partition coefficient (Wildman–Crippen LogP) is 4.37. The van der Waals surface area contributed by atoms with Crippen LogP contribution in [0.25, 0.3) is 0 Å². The average Bonchev–Trinajstić information content (AvgIpc) is 2.39. The molecule has 0 amide bonds. The van der Waals surface area contributed by atoms with Gasteiger partial charge >= 0.3 is 0 Å². The largest absolute Gasteiger partial charge is 0.497 e. The summed E-state index contributed by atoms with van der Waals surface area (Å²) in [5.74, 6) is 0.278. The zero-order valence-electron chi connectivity index (χ0n) is 10.1. The molecule has 1 heterocycles. The number of halogens is 3. The molecule has 100 valence electrons. The maximum absolute atomic E-state index is 13.6. The van der Waals surface area contributed by atoms with Crippen molar-refractivity contribution < 1.29 is 9.13 Å². The van der Waals surface area contributed by atoms with Crippen molar-refractivity contribution >= 4 is 37.5 Å². The third-order valence-electron chi connectivity index (χ3n) is 2.50. The van der Waals surface area contributed by atoms with E-state index in [4.69, 9.17) is 4.74 Å². The lowest BCUT2D eigenvalue weighted by atomic mass is 10.2. The fraction of sp³-hybridized carbons (Fsp3) is 0.154.